The van der Waals surface area contributed by atoms with Crippen LogP contribution < -0.4 is 0 Å². The zero-order valence-electron chi connectivity index (χ0n) is 8.57. The summed E-state index contributed by atoms with van der Waals surface area (Å²) in [5, 5.41) is 0.0231. The van der Waals surface area contributed by atoms with Gasteiger partial charge >= 0.3 is 0 Å². The predicted molar refractivity (Wildman–Crippen MR) is 62.9 cm³/mol. The molecule has 1 aromatic heterocycles. The summed E-state index contributed by atoms with van der Waals surface area (Å²) in [6, 6.07) is 10.0. The van der Waals surface area contributed by atoms with Crippen LogP contribution in [0.2, 0.25) is 0 Å². The van der Waals surface area contributed by atoms with E-state index >= 15 is 0 Å². The van der Waals surface area contributed by atoms with Gasteiger partial charge in [-0.05, 0) is 6.42 Å². The number of aromatic amines is 1. The molecule has 15 heavy (non-hydrogen) atoms. The van der Waals surface area contributed by atoms with Crippen molar-refractivity contribution in [3.05, 3.63) is 42.2 Å². The van der Waals surface area contributed by atoms with E-state index in [1.165, 1.54) is 0 Å². The highest BCUT2D eigenvalue weighted by molar-refractivity contribution is 6.20. The molecule has 0 saturated carbocycles. The van der Waals surface area contributed by atoms with Gasteiger partial charge in [-0.15, -0.1) is 11.6 Å². The number of nitrogens with zero attached hydrogens (tertiary/aromatic N) is 1. The Labute approximate surface area is 94.3 Å². The molecular formula is C12H13ClN2. The average Bonchev–Trinajstić information content (AvgIpc) is 2.78. The van der Waals surface area contributed by atoms with Crippen LogP contribution in [0.4, 0.5) is 0 Å². The van der Waals surface area contributed by atoms with Crippen molar-refractivity contribution in [1.82, 2.24) is 9.97 Å². The van der Waals surface area contributed by atoms with Gasteiger partial charge in [0.1, 0.15) is 5.82 Å². The third kappa shape index (κ3) is 2.21. The van der Waals surface area contributed by atoms with E-state index in [1.54, 1.807) is 0 Å². The van der Waals surface area contributed by atoms with Crippen molar-refractivity contribution in [2.45, 2.75) is 18.7 Å². The maximum absolute atomic E-state index is 6.12. The van der Waals surface area contributed by atoms with E-state index in [0.717, 1.165) is 23.5 Å². The molecule has 0 aliphatic heterocycles. The molecule has 0 bridgehead atoms. The SMILES string of the molecule is CCC(Cl)c1cnc(-c2ccccc2)[nH]1. The number of benzene rings is 1. The molecule has 1 atom stereocenters. The third-order valence-electron chi connectivity index (χ3n) is 2.34. The first-order valence-corrected chi connectivity index (χ1v) is 5.49. The molecule has 1 heterocycles. The summed E-state index contributed by atoms with van der Waals surface area (Å²) in [5.74, 6) is 0.879. The molecule has 0 spiro atoms. The Morgan fingerprint density at radius 2 is 2.07 bits per heavy atom. The van der Waals surface area contributed by atoms with Gasteiger partial charge in [-0.3, -0.25) is 0 Å². The lowest BCUT2D eigenvalue weighted by molar-refractivity contribution is 0.856. The minimum atomic E-state index is 0.0231. The number of imidazole rings is 1. The van der Waals surface area contributed by atoms with E-state index in [2.05, 4.69) is 16.9 Å². The van der Waals surface area contributed by atoms with Crippen LogP contribution in [0.3, 0.4) is 0 Å². The molecule has 2 aromatic rings. The summed E-state index contributed by atoms with van der Waals surface area (Å²) in [4.78, 5) is 7.55. The van der Waals surface area contributed by atoms with Crippen LogP contribution in [0, 0.1) is 0 Å². The van der Waals surface area contributed by atoms with Crippen molar-refractivity contribution < 1.29 is 0 Å². The summed E-state index contributed by atoms with van der Waals surface area (Å²) in [6.45, 7) is 2.06. The second-order valence-corrected chi connectivity index (χ2v) is 3.96. The molecule has 1 unspecified atom stereocenters. The van der Waals surface area contributed by atoms with Gasteiger partial charge < -0.3 is 4.98 Å². The smallest absolute Gasteiger partial charge is 0.137 e. The van der Waals surface area contributed by atoms with Crippen LogP contribution in [-0.4, -0.2) is 9.97 Å². The molecule has 78 valence electrons. The molecule has 3 heteroatoms. The minimum absolute atomic E-state index is 0.0231. The summed E-state index contributed by atoms with van der Waals surface area (Å²) >= 11 is 6.12. The maximum Gasteiger partial charge on any atom is 0.137 e. The van der Waals surface area contributed by atoms with Crippen molar-refractivity contribution >= 4 is 11.6 Å². The Hall–Kier alpha value is -1.28. The van der Waals surface area contributed by atoms with E-state index in [-0.39, 0.29) is 5.38 Å². The lowest BCUT2D eigenvalue weighted by Gasteiger charge is -2.01. The molecule has 2 rings (SSSR count). The van der Waals surface area contributed by atoms with Crippen molar-refractivity contribution in [3.63, 3.8) is 0 Å². The molecule has 1 aromatic carbocycles. The van der Waals surface area contributed by atoms with E-state index < -0.39 is 0 Å². The number of halogens is 1. The van der Waals surface area contributed by atoms with Gasteiger partial charge in [0.2, 0.25) is 0 Å². The highest BCUT2D eigenvalue weighted by Gasteiger charge is 2.09. The van der Waals surface area contributed by atoms with E-state index in [4.69, 9.17) is 11.6 Å². The Kier molecular flexibility index (Phi) is 3.07. The number of hydrogen-bond acceptors (Lipinski definition) is 1. The molecular weight excluding hydrogens is 208 g/mol. The van der Waals surface area contributed by atoms with Crippen LogP contribution >= 0.6 is 11.6 Å². The number of hydrogen-bond donors (Lipinski definition) is 1. The molecule has 0 aliphatic carbocycles. The lowest BCUT2D eigenvalue weighted by atomic mass is 10.2. The first-order valence-electron chi connectivity index (χ1n) is 5.05. The molecule has 0 saturated heterocycles. The number of rotatable bonds is 3. The van der Waals surface area contributed by atoms with Crippen molar-refractivity contribution in [1.29, 1.82) is 0 Å². The number of nitrogens with one attached hydrogen (secondary N) is 1. The van der Waals surface area contributed by atoms with Crippen LogP contribution in [0.25, 0.3) is 11.4 Å². The summed E-state index contributed by atoms with van der Waals surface area (Å²) < 4.78 is 0. The average molecular weight is 221 g/mol. The van der Waals surface area contributed by atoms with Crippen LogP contribution in [-0.2, 0) is 0 Å². The zero-order valence-corrected chi connectivity index (χ0v) is 9.33. The van der Waals surface area contributed by atoms with Gasteiger partial charge in [-0.1, -0.05) is 37.3 Å². The number of aromatic nitrogens is 2. The minimum Gasteiger partial charge on any atom is -0.341 e. The number of alkyl halides is 1. The van der Waals surface area contributed by atoms with E-state index in [9.17, 15) is 0 Å². The maximum atomic E-state index is 6.12. The summed E-state index contributed by atoms with van der Waals surface area (Å²) in [6.07, 6.45) is 2.71. The second kappa shape index (κ2) is 4.49. The second-order valence-electron chi connectivity index (χ2n) is 3.43. The fraction of sp³-hybridized carbons (Fsp3) is 0.250. The van der Waals surface area contributed by atoms with Crippen LogP contribution in [0.1, 0.15) is 24.4 Å². The predicted octanol–water partition coefficient (Wildman–Crippen LogP) is 3.77. The first-order chi connectivity index (χ1) is 7.31. The van der Waals surface area contributed by atoms with Crippen molar-refractivity contribution in [3.8, 4) is 11.4 Å². The third-order valence-corrected chi connectivity index (χ3v) is 2.88. The van der Waals surface area contributed by atoms with Crippen LogP contribution in [0.15, 0.2) is 36.5 Å². The van der Waals surface area contributed by atoms with Crippen LogP contribution in [0.5, 0.6) is 0 Å². The molecule has 2 nitrogen and oxygen atoms in total. The Balaban J connectivity index is 2.28. The summed E-state index contributed by atoms with van der Waals surface area (Å²) in [5.41, 5.74) is 2.07. The topological polar surface area (TPSA) is 28.7 Å². The molecule has 0 aliphatic rings. The number of H-pyrrole nitrogens is 1. The fourth-order valence-corrected chi connectivity index (χ4v) is 1.57. The van der Waals surface area contributed by atoms with Gasteiger partial charge in [0.25, 0.3) is 0 Å². The van der Waals surface area contributed by atoms with Gasteiger partial charge in [-0.2, -0.15) is 0 Å². The highest BCUT2D eigenvalue weighted by atomic mass is 35.5. The Morgan fingerprint density at radius 1 is 1.33 bits per heavy atom. The molecule has 0 amide bonds. The van der Waals surface area contributed by atoms with Crippen molar-refractivity contribution in [2.75, 3.05) is 0 Å². The Bertz CT molecular complexity index is 422. The molecule has 1 N–H and O–H groups in total. The monoisotopic (exact) mass is 220 g/mol. The van der Waals surface area contributed by atoms with Crippen molar-refractivity contribution in [2.24, 2.45) is 0 Å². The normalized spacial score (nSPS) is 12.7. The first kappa shape index (κ1) is 10.2. The van der Waals surface area contributed by atoms with Gasteiger partial charge in [0.05, 0.1) is 17.3 Å². The lowest BCUT2D eigenvalue weighted by Crippen LogP contribution is -1.87. The standard InChI is InChI=1S/C12H13ClN2/c1-2-10(13)11-8-14-12(15-11)9-6-4-3-5-7-9/h3-8,10H,2H2,1H3,(H,14,15). The summed E-state index contributed by atoms with van der Waals surface area (Å²) in [7, 11) is 0. The highest BCUT2D eigenvalue weighted by Crippen LogP contribution is 2.24. The van der Waals surface area contributed by atoms with E-state index in [1.807, 2.05) is 36.5 Å². The van der Waals surface area contributed by atoms with Gasteiger partial charge in [0.15, 0.2) is 0 Å². The molecule has 0 radical (unpaired) electrons. The fourth-order valence-electron chi connectivity index (χ4n) is 1.46. The quantitative estimate of drug-likeness (QED) is 0.784. The van der Waals surface area contributed by atoms with Gasteiger partial charge in [0, 0.05) is 5.56 Å². The molecule has 0 fully saturated rings. The largest absolute Gasteiger partial charge is 0.341 e. The van der Waals surface area contributed by atoms with Gasteiger partial charge in [-0.25, -0.2) is 4.98 Å². The van der Waals surface area contributed by atoms with E-state index in [0.29, 0.717) is 0 Å². The zero-order chi connectivity index (χ0) is 10.7. The Morgan fingerprint density at radius 3 is 2.73 bits per heavy atom.